The van der Waals surface area contributed by atoms with Crippen molar-refractivity contribution in [2.24, 2.45) is 0 Å². The number of nitrogens with zero attached hydrogens (tertiary/aromatic N) is 3. The molecule has 0 fully saturated rings. The quantitative estimate of drug-likeness (QED) is 0.680. The lowest BCUT2D eigenvalue weighted by Crippen LogP contribution is -2.37. The minimum atomic E-state index is -0.634. The minimum Gasteiger partial charge on any atom is -0.452 e. The number of amides is 2. The molecule has 1 aromatic carbocycles. The fourth-order valence-corrected chi connectivity index (χ4v) is 1.62. The number of esters is 1. The molecule has 0 unspecified atom stereocenters. The van der Waals surface area contributed by atoms with Crippen LogP contribution in [0.4, 0.5) is 0 Å². The van der Waals surface area contributed by atoms with Crippen LogP contribution < -0.4 is 10.6 Å². The van der Waals surface area contributed by atoms with E-state index in [4.69, 9.17) is 4.74 Å². The molecule has 0 aliphatic heterocycles. The zero-order valence-corrected chi connectivity index (χ0v) is 12.4. The van der Waals surface area contributed by atoms with Crippen LogP contribution in [0.2, 0.25) is 0 Å². The maximum Gasteiger partial charge on any atom is 0.338 e. The molecular formula is C14H15N5O4. The molecule has 9 heteroatoms. The lowest BCUT2D eigenvalue weighted by atomic mass is 10.2. The van der Waals surface area contributed by atoms with Crippen molar-refractivity contribution in [3.63, 3.8) is 0 Å². The highest BCUT2D eigenvalue weighted by atomic mass is 16.5. The van der Waals surface area contributed by atoms with Gasteiger partial charge in [-0.05, 0) is 24.3 Å². The van der Waals surface area contributed by atoms with Crippen LogP contribution in [0.3, 0.4) is 0 Å². The summed E-state index contributed by atoms with van der Waals surface area (Å²) in [5.74, 6) is -1.53. The summed E-state index contributed by atoms with van der Waals surface area (Å²) >= 11 is 0. The molecule has 120 valence electrons. The van der Waals surface area contributed by atoms with E-state index >= 15 is 0 Å². The Morgan fingerprint density at radius 3 is 2.52 bits per heavy atom. The lowest BCUT2D eigenvalue weighted by molar-refractivity contribution is -0.127. The van der Waals surface area contributed by atoms with Gasteiger partial charge in [0.1, 0.15) is 12.7 Å². The van der Waals surface area contributed by atoms with Crippen molar-refractivity contribution in [1.29, 1.82) is 0 Å². The van der Waals surface area contributed by atoms with Gasteiger partial charge < -0.3 is 15.4 Å². The van der Waals surface area contributed by atoms with Gasteiger partial charge in [0.25, 0.3) is 5.91 Å². The van der Waals surface area contributed by atoms with E-state index in [-0.39, 0.29) is 12.5 Å². The number of ether oxygens (including phenoxy) is 1. The van der Waals surface area contributed by atoms with Crippen LogP contribution in [-0.4, -0.2) is 52.7 Å². The SMILES string of the molecule is CNC(=O)CNC(=O)COC(=O)c1ccc(-n2cncn2)cc1. The summed E-state index contributed by atoms with van der Waals surface area (Å²) in [6, 6.07) is 6.47. The Balaban J connectivity index is 1.84. The summed E-state index contributed by atoms with van der Waals surface area (Å²) in [5, 5.41) is 8.64. The Morgan fingerprint density at radius 1 is 1.17 bits per heavy atom. The molecule has 2 N–H and O–H groups in total. The van der Waals surface area contributed by atoms with Crippen LogP contribution in [-0.2, 0) is 14.3 Å². The first-order chi connectivity index (χ1) is 11.1. The number of benzene rings is 1. The zero-order valence-electron chi connectivity index (χ0n) is 12.4. The zero-order chi connectivity index (χ0) is 16.7. The van der Waals surface area contributed by atoms with Gasteiger partial charge in [-0.2, -0.15) is 5.10 Å². The van der Waals surface area contributed by atoms with Gasteiger partial charge in [-0.25, -0.2) is 14.5 Å². The fourth-order valence-electron chi connectivity index (χ4n) is 1.62. The van der Waals surface area contributed by atoms with Crippen molar-refractivity contribution in [1.82, 2.24) is 25.4 Å². The average molecular weight is 317 g/mol. The molecule has 2 rings (SSSR count). The van der Waals surface area contributed by atoms with Crippen molar-refractivity contribution in [2.45, 2.75) is 0 Å². The molecule has 0 radical (unpaired) electrons. The Kier molecular flexibility index (Phi) is 5.40. The second-order valence-electron chi connectivity index (χ2n) is 4.41. The lowest BCUT2D eigenvalue weighted by Gasteiger charge is -2.06. The number of likely N-dealkylation sites (N-methyl/N-ethyl adjacent to an activating group) is 1. The molecule has 0 saturated carbocycles. The monoisotopic (exact) mass is 317 g/mol. The third-order valence-corrected chi connectivity index (χ3v) is 2.85. The summed E-state index contributed by atoms with van der Waals surface area (Å²) < 4.78 is 6.41. The Labute approximate surface area is 131 Å². The molecule has 23 heavy (non-hydrogen) atoms. The summed E-state index contributed by atoms with van der Waals surface area (Å²) in [6.45, 7) is -0.625. The highest BCUT2D eigenvalue weighted by Crippen LogP contribution is 2.09. The first kappa shape index (κ1) is 16.1. The van der Waals surface area contributed by atoms with Gasteiger partial charge in [0, 0.05) is 7.05 Å². The highest BCUT2D eigenvalue weighted by Gasteiger charge is 2.11. The van der Waals surface area contributed by atoms with Crippen LogP contribution >= 0.6 is 0 Å². The van der Waals surface area contributed by atoms with E-state index in [1.807, 2.05) is 0 Å². The van der Waals surface area contributed by atoms with Crippen molar-refractivity contribution in [2.75, 3.05) is 20.2 Å². The van der Waals surface area contributed by atoms with E-state index in [1.54, 1.807) is 28.9 Å². The number of nitrogens with one attached hydrogen (secondary N) is 2. The van der Waals surface area contributed by atoms with Gasteiger partial charge in [0.05, 0.1) is 17.8 Å². The molecule has 9 nitrogen and oxygen atoms in total. The Bertz CT molecular complexity index is 682. The topological polar surface area (TPSA) is 115 Å². The van der Waals surface area contributed by atoms with E-state index in [0.717, 1.165) is 5.69 Å². The average Bonchev–Trinajstić information content (AvgIpc) is 3.12. The van der Waals surface area contributed by atoms with Crippen LogP contribution in [0.25, 0.3) is 5.69 Å². The first-order valence-corrected chi connectivity index (χ1v) is 6.69. The molecule has 2 aromatic rings. The number of carbonyl (C=O) groups is 3. The van der Waals surface area contributed by atoms with Crippen molar-refractivity contribution in [3.8, 4) is 5.69 Å². The summed E-state index contributed by atoms with van der Waals surface area (Å²) in [4.78, 5) is 38.0. The third kappa shape index (κ3) is 4.63. The third-order valence-electron chi connectivity index (χ3n) is 2.85. The number of rotatable bonds is 6. The van der Waals surface area contributed by atoms with Crippen LogP contribution in [0.15, 0.2) is 36.9 Å². The summed E-state index contributed by atoms with van der Waals surface area (Å²) in [5.41, 5.74) is 1.04. The van der Waals surface area contributed by atoms with E-state index in [9.17, 15) is 14.4 Å². The van der Waals surface area contributed by atoms with Crippen molar-refractivity contribution >= 4 is 17.8 Å². The van der Waals surface area contributed by atoms with Gasteiger partial charge in [-0.1, -0.05) is 0 Å². The summed E-state index contributed by atoms with van der Waals surface area (Å²) in [7, 11) is 1.46. The van der Waals surface area contributed by atoms with Crippen molar-refractivity contribution < 1.29 is 19.1 Å². The number of hydrogen-bond acceptors (Lipinski definition) is 6. The van der Waals surface area contributed by atoms with Crippen LogP contribution in [0, 0.1) is 0 Å². The Hall–Kier alpha value is -3.23. The molecule has 0 saturated heterocycles. The highest BCUT2D eigenvalue weighted by molar-refractivity contribution is 5.92. The van der Waals surface area contributed by atoms with Crippen LogP contribution in [0.1, 0.15) is 10.4 Å². The van der Waals surface area contributed by atoms with Crippen molar-refractivity contribution in [3.05, 3.63) is 42.5 Å². The smallest absolute Gasteiger partial charge is 0.338 e. The molecule has 2 amide bonds. The second-order valence-corrected chi connectivity index (χ2v) is 4.41. The Morgan fingerprint density at radius 2 is 1.91 bits per heavy atom. The number of carbonyl (C=O) groups excluding carboxylic acids is 3. The van der Waals surface area contributed by atoms with Gasteiger partial charge in [0.15, 0.2) is 6.61 Å². The number of aromatic nitrogens is 3. The number of hydrogen-bond donors (Lipinski definition) is 2. The predicted molar refractivity (Wildman–Crippen MR) is 78.7 cm³/mol. The molecule has 1 aromatic heterocycles. The fraction of sp³-hybridized carbons (Fsp3) is 0.214. The molecule has 0 aliphatic carbocycles. The van der Waals surface area contributed by atoms with Gasteiger partial charge in [-0.3, -0.25) is 9.59 Å². The molecular weight excluding hydrogens is 302 g/mol. The van der Waals surface area contributed by atoms with E-state index < -0.39 is 18.5 Å². The van der Waals surface area contributed by atoms with Gasteiger partial charge in [0.2, 0.25) is 5.91 Å². The molecule has 1 heterocycles. The second kappa shape index (κ2) is 7.69. The van der Waals surface area contributed by atoms with E-state index in [1.165, 1.54) is 19.7 Å². The van der Waals surface area contributed by atoms with Gasteiger partial charge >= 0.3 is 5.97 Å². The minimum absolute atomic E-state index is 0.167. The van der Waals surface area contributed by atoms with Gasteiger partial charge in [-0.15, -0.1) is 0 Å². The molecule has 0 atom stereocenters. The molecule has 0 aliphatic rings. The van der Waals surface area contributed by atoms with E-state index in [0.29, 0.717) is 5.56 Å². The first-order valence-electron chi connectivity index (χ1n) is 6.69. The predicted octanol–water partition coefficient (Wildman–Crippen LogP) is -0.714. The maximum atomic E-state index is 11.8. The maximum absolute atomic E-state index is 11.8. The van der Waals surface area contributed by atoms with Crippen LogP contribution in [0.5, 0.6) is 0 Å². The van der Waals surface area contributed by atoms with E-state index in [2.05, 4.69) is 20.7 Å². The normalized spacial score (nSPS) is 9.96. The molecule has 0 bridgehead atoms. The standard InChI is InChI=1S/C14H15N5O4/c1-15-12(20)6-17-13(21)7-23-14(22)10-2-4-11(5-3-10)19-9-16-8-18-19/h2-5,8-9H,6-7H2,1H3,(H,15,20)(H,17,21). The molecule has 0 spiro atoms. The summed E-state index contributed by atoms with van der Waals surface area (Å²) in [6.07, 6.45) is 2.93. The largest absolute Gasteiger partial charge is 0.452 e.